The maximum absolute atomic E-state index is 11.9. The van der Waals surface area contributed by atoms with Gasteiger partial charge in [0, 0.05) is 12.6 Å². The third kappa shape index (κ3) is 4.00. The number of aliphatic carboxylic acids is 1. The molecule has 1 aliphatic heterocycles. The molecule has 1 amide bonds. The highest BCUT2D eigenvalue weighted by molar-refractivity contribution is 5.78. The lowest BCUT2D eigenvalue weighted by molar-refractivity contribution is -0.154. The van der Waals surface area contributed by atoms with E-state index in [9.17, 15) is 9.59 Å². The van der Waals surface area contributed by atoms with Gasteiger partial charge in [-0.05, 0) is 32.6 Å². The first kappa shape index (κ1) is 14.0. The Bertz CT molecular complexity index is 280. The fourth-order valence-corrected chi connectivity index (χ4v) is 2.10. The topological polar surface area (TPSA) is 66.8 Å². The van der Waals surface area contributed by atoms with Crippen LogP contribution in [0.15, 0.2) is 0 Å². The molecule has 0 spiro atoms. The van der Waals surface area contributed by atoms with E-state index in [1.54, 1.807) is 0 Å². The highest BCUT2D eigenvalue weighted by Gasteiger charge is 2.26. The number of nitrogens with zero attached hydrogens (tertiary/aromatic N) is 1. The zero-order valence-corrected chi connectivity index (χ0v) is 10.5. The number of ether oxygens (including phenoxy) is 1. The minimum absolute atomic E-state index is 0.0929. The molecule has 5 heteroatoms. The van der Waals surface area contributed by atoms with Crippen LogP contribution in [-0.2, 0) is 14.3 Å². The van der Waals surface area contributed by atoms with E-state index in [4.69, 9.17) is 9.84 Å². The van der Waals surface area contributed by atoms with Crippen molar-refractivity contribution in [3.63, 3.8) is 0 Å². The molecule has 0 bridgehead atoms. The average Bonchev–Trinajstić information content (AvgIpc) is 2.35. The SMILES string of the molecule is CCC1CCCCN1C(=O)CO[C@H](C)C(=O)O. The second kappa shape index (κ2) is 6.59. The van der Waals surface area contributed by atoms with Crippen molar-refractivity contribution in [2.45, 2.75) is 51.7 Å². The molecule has 1 unspecified atom stereocenters. The minimum Gasteiger partial charge on any atom is -0.479 e. The van der Waals surface area contributed by atoms with Gasteiger partial charge >= 0.3 is 5.97 Å². The van der Waals surface area contributed by atoms with E-state index in [1.807, 2.05) is 4.90 Å². The van der Waals surface area contributed by atoms with Crippen molar-refractivity contribution >= 4 is 11.9 Å². The maximum Gasteiger partial charge on any atom is 0.332 e. The van der Waals surface area contributed by atoms with Crippen LogP contribution in [0, 0.1) is 0 Å². The van der Waals surface area contributed by atoms with Crippen LogP contribution >= 0.6 is 0 Å². The van der Waals surface area contributed by atoms with Crippen molar-refractivity contribution in [2.24, 2.45) is 0 Å². The molecule has 0 aliphatic carbocycles. The zero-order chi connectivity index (χ0) is 12.8. The Balaban J connectivity index is 2.42. The molecule has 0 aromatic rings. The highest BCUT2D eigenvalue weighted by Crippen LogP contribution is 2.19. The number of rotatable bonds is 5. The lowest BCUT2D eigenvalue weighted by Gasteiger charge is -2.35. The summed E-state index contributed by atoms with van der Waals surface area (Å²) in [6.45, 7) is 4.13. The number of hydrogen-bond acceptors (Lipinski definition) is 3. The van der Waals surface area contributed by atoms with Gasteiger partial charge in [-0.2, -0.15) is 0 Å². The number of carboxylic acids is 1. The van der Waals surface area contributed by atoms with Gasteiger partial charge in [0.1, 0.15) is 6.61 Å². The van der Waals surface area contributed by atoms with E-state index < -0.39 is 12.1 Å². The lowest BCUT2D eigenvalue weighted by atomic mass is 10.00. The molecule has 1 aliphatic rings. The van der Waals surface area contributed by atoms with Crippen molar-refractivity contribution in [1.29, 1.82) is 0 Å². The monoisotopic (exact) mass is 243 g/mol. The van der Waals surface area contributed by atoms with Gasteiger partial charge in [0.25, 0.3) is 0 Å². The molecule has 0 aromatic heterocycles. The zero-order valence-electron chi connectivity index (χ0n) is 10.5. The average molecular weight is 243 g/mol. The Hall–Kier alpha value is -1.10. The van der Waals surface area contributed by atoms with E-state index >= 15 is 0 Å². The molecule has 1 fully saturated rings. The molecule has 2 atom stereocenters. The second-order valence-corrected chi connectivity index (χ2v) is 4.44. The fraction of sp³-hybridized carbons (Fsp3) is 0.833. The maximum atomic E-state index is 11.9. The standard InChI is InChI=1S/C12H21NO4/c1-3-10-6-4-5-7-13(10)11(14)8-17-9(2)12(15)16/h9-10H,3-8H2,1-2H3,(H,15,16)/t9-,10?/m1/s1. The van der Waals surface area contributed by atoms with E-state index in [0.717, 1.165) is 32.2 Å². The second-order valence-electron chi connectivity index (χ2n) is 4.44. The quantitative estimate of drug-likeness (QED) is 0.789. The van der Waals surface area contributed by atoms with Gasteiger partial charge < -0.3 is 14.7 Å². The van der Waals surface area contributed by atoms with Crippen LogP contribution in [-0.4, -0.2) is 47.2 Å². The molecular formula is C12H21NO4. The Labute approximate surface area is 102 Å². The van der Waals surface area contributed by atoms with Crippen molar-refractivity contribution < 1.29 is 19.4 Å². The molecule has 1 heterocycles. The predicted octanol–water partition coefficient (Wildman–Crippen LogP) is 1.27. The van der Waals surface area contributed by atoms with Crippen LogP contribution in [0.3, 0.4) is 0 Å². The van der Waals surface area contributed by atoms with Gasteiger partial charge in [-0.3, -0.25) is 4.79 Å². The fourth-order valence-electron chi connectivity index (χ4n) is 2.10. The number of carbonyl (C=O) groups is 2. The highest BCUT2D eigenvalue weighted by atomic mass is 16.5. The largest absolute Gasteiger partial charge is 0.479 e. The Kier molecular flexibility index (Phi) is 5.41. The van der Waals surface area contributed by atoms with E-state index in [-0.39, 0.29) is 12.5 Å². The van der Waals surface area contributed by atoms with Crippen LogP contribution in [0.1, 0.15) is 39.5 Å². The summed E-state index contributed by atoms with van der Waals surface area (Å²) in [5.74, 6) is -1.13. The normalized spacial score (nSPS) is 22.2. The van der Waals surface area contributed by atoms with E-state index in [2.05, 4.69) is 6.92 Å². The Morgan fingerprint density at radius 2 is 2.18 bits per heavy atom. The predicted molar refractivity (Wildman–Crippen MR) is 62.7 cm³/mol. The number of piperidine rings is 1. The Morgan fingerprint density at radius 3 is 2.76 bits per heavy atom. The number of hydrogen-bond donors (Lipinski definition) is 1. The molecule has 1 rings (SSSR count). The van der Waals surface area contributed by atoms with Crippen LogP contribution in [0.2, 0.25) is 0 Å². The molecule has 0 aromatic carbocycles. The summed E-state index contributed by atoms with van der Waals surface area (Å²) in [7, 11) is 0. The third-order valence-electron chi connectivity index (χ3n) is 3.22. The summed E-state index contributed by atoms with van der Waals surface area (Å²) in [5, 5.41) is 8.65. The summed E-state index contributed by atoms with van der Waals surface area (Å²) in [5.41, 5.74) is 0. The lowest BCUT2D eigenvalue weighted by Crippen LogP contribution is -2.45. The minimum atomic E-state index is -1.04. The number of likely N-dealkylation sites (tertiary alicyclic amines) is 1. The van der Waals surface area contributed by atoms with Crippen LogP contribution in [0.25, 0.3) is 0 Å². The van der Waals surface area contributed by atoms with Gasteiger partial charge in [-0.15, -0.1) is 0 Å². The first-order valence-electron chi connectivity index (χ1n) is 6.20. The summed E-state index contributed by atoms with van der Waals surface area (Å²) >= 11 is 0. The van der Waals surface area contributed by atoms with Crippen molar-refractivity contribution in [3.8, 4) is 0 Å². The van der Waals surface area contributed by atoms with Crippen molar-refractivity contribution in [3.05, 3.63) is 0 Å². The molecule has 1 N–H and O–H groups in total. The molecule has 0 saturated carbocycles. The molecule has 1 saturated heterocycles. The van der Waals surface area contributed by atoms with Crippen LogP contribution in [0.4, 0.5) is 0 Å². The van der Waals surface area contributed by atoms with Crippen molar-refractivity contribution in [2.75, 3.05) is 13.2 Å². The molecule has 5 nitrogen and oxygen atoms in total. The molecule has 98 valence electrons. The van der Waals surface area contributed by atoms with Gasteiger partial charge in [-0.25, -0.2) is 4.79 Å². The van der Waals surface area contributed by atoms with Gasteiger partial charge in [0.2, 0.25) is 5.91 Å². The molecular weight excluding hydrogens is 222 g/mol. The smallest absolute Gasteiger partial charge is 0.332 e. The Morgan fingerprint density at radius 1 is 1.47 bits per heavy atom. The first-order chi connectivity index (χ1) is 8.06. The van der Waals surface area contributed by atoms with E-state index in [0.29, 0.717) is 6.04 Å². The number of carbonyl (C=O) groups excluding carboxylic acids is 1. The first-order valence-corrected chi connectivity index (χ1v) is 6.20. The van der Waals surface area contributed by atoms with Gasteiger partial charge in [0.15, 0.2) is 6.10 Å². The van der Waals surface area contributed by atoms with Gasteiger partial charge in [0.05, 0.1) is 0 Å². The molecule has 0 radical (unpaired) electrons. The number of amides is 1. The summed E-state index contributed by atoms with van der Waals surface area (Å²) in [6.07, 6.45) is 3.24. The van der Waals surface area contributed by atoms with Crippen molar-refractivity contribution in [1.82, 2.24) is 4.90 Å². The number of carboxylic acid groups (broad SMARTS) is 1. The summed E-state index contributed by atoms with van der Waals surface area (Å²) < 4.78 is 5.02. The summed E-state index contributed by atoms with van der Waals surface area (Å²) in [4.78, 5) is 24.3. The third-order valence-corrected chi connectivity index (χ3v) is 3.22. The van der Waals surface area contributed by atoms with Crippen LogP contribution in [0.5, 0.6) is 0 Å². The van der Waals surface area contributed by atoms with Crippen LogP contribution < -0.4 is 0 Å². The summed E-state index contributed by atoms with van der Waals surface area (Å²) in [6, 6.07) is 0.292. The van der Waals surface area contributed by atoms with Gasteiger partial charge in [-0.1, -0.05) is 6.92 Å². The van der Waals surface area contributed by atoms with E-state index in [1.165, 1.54) is 6.92 Å². The molecule has 17 heavy (non-hydrogen) atoms.